The highest BCUT2D eigenvalue weighted by Crippen LogP contribution is 2.62. The first-order valence-electron chi connectivity index (χ1n) is 24.6. The van der Waals surface area contributed by atoms with Gasteiger partial charge in [0.05, 0.1) is 79.7 Å². The van der Waals surface area contributed by atoms with Gasteiger partial charge in [0.1, 0.15) is 11.5 Å². The standard InChI is InChI=1S/C66H38N6O/c1-67-42-30-33-58-49(37-42)47-18-4-7-21-54(47)70(58)43-38-53-65(69-39-43)64-52(20-14-34-68-64)66(53)50-19-6-13-27-62(50)73-63-36-41(28-31-51(63)66)40-29-32-59-48(35-40)46-17-5-10-24-57(46)72(59)61-26-12-11-25-60(61)71-55-22-8-2-15-44(55)45-16-3-9-23-56(45)71/h2-39H. The zero-order valence-electron chi connectivity index (χ0n) is 39.0. The van der Waals surface area contributed by atoms with Gasteiger partial charge in [0.25, 0.3) is 0 Å². The van der Waals surface area contributed by atoms with Crippen molar-refractivity contribution in [2.45, 2.75) is 5.41 Å². The fourth-order valence-corrected chi connectivity index (χ4v) is 12.6. The van der Waals surface area contributed by atoms with Crippen LogP contribution in [-0.4, -0.2) is 23.7 Å². The van der Waals surface area contributed by atoms with Crippen LogP contribution in [0.25, 0.3) is 110 Å². The van der Waals surface area contributed by atoms with Crippen molar-refractivity contribution in [1.29, 1.82) is 0 Å². The number of hydrogen-bond donors (Lipinski definition) is 0. The number of aromatic nitrogens is 5. The third-order valence-electron chi connectivity index (χ3n) is 15.6. The first-order chi connectivity index (χ1) is 36.2. The van der Waals surface area contributed by atoms with Gasteiger partial charge in [0, 0.05) is 49.8 Å². The van der Waals surface area contributed by atoms with Crippen molar-refractivity contribution in [1.82, 2.24) is 23.7 Å². The lowest BCUT2D eigenvalue weighted by Crippen LogP contribution is -2.32. The zero-order valence-corrected chi connectivity index (χ0v) is 39.0. The Hall–Kier alpha value is -10.0. The SMILES string of the molecule is [C-]#[N+]c1ccc2c(c1)c1ccccc1n2-c1cnc2c(c1)C1(c3ccccc3Oc3cc(-c4ccc5c(c4)c4ccccc4n5-c4ccccc4-n4c5ccccc5c5ccccc54)ccc31)c1cccnc1-2. The number of para-hydroxylation sites is 7. The minimum atomic E-state index is -0.790. The number of pyridine rings is 2. The Balaban J connectivity index is 0.884. The lowest BCUT2D eigenvalue weighted by atomic mass is 9.66. The summed E-state index contributed by atoms with van der Waals surface area (Å²) in [6.07, 6.45) is 3.83. The second kappa shape index (κ2) is 14.8. The van der Waals surface area contributed by atoms with Crippen LogP contribution in [0.1, 0.15) is 22.3 Å². The number of rotatable bonds is 4. The molecule has 73 heavy (non-hydrogen) atoms. The maximum Gasteiger partial charge on any atom is 0.188 e. The molecule has 2 aliphatic rings. The number of hydrogen-bond acceptors (Lipinski definition) is 3. The normalized spacial score (nSPS) is 14.5. The molecular formula is C66H38N6O. The van der Waals surface area contributed by atoms with E-state index in [-0.39, 0.29) is 0 Å². The molecule has 9 aromatic carbocycles. The molecule has 0 saturated heterocycles. The van der Waals surface area contributed by atoms with E-state index >= 15 is 0 Å². The molecule has 0 radical (unpaired) electrons. The van der Waals surface area contributed by atoms with Crippen LogP contribution in [0.5, 0.6) is 11.5 Å². The largest absolute Gasteiger partial charge is 0.457 e. The zero-order chi connectivity index (χ0) is 47.9. The average molecular weight is 931 g/mol. The highest BCUT2D eigenvalue weighted by Gasteiger charge is 2.52. The Bertz CT molecular complexity index is 4700. The lowest BCUT2D eigenvalue weighted by Gasteiger charge is -2.39. The van der Waals surface area contributed by atoms with Crippen LogP contribution in [0, 0.1) is 6.57 Å². The van der Waals surface area contributed by atoms with Crippen LogP contribution in [-0.2, 0) is 5.41 Å². The Labute approximate surface area is 418 Å². The molecule has 1 aliphatic carbocycles. The van der Waals surface area contributed by atoms with Gasteiger partial charge < -0.3 is 18.4 Å². The van der Waals surface area contributed by atoms with Crippen molar-refractivity contribution in [3.63, 3.8) is 0 Å². The summed E-state index contributed by atoms with van der Waals surface area (Å²) in [7, 11) is 0. The minimum absolute atomic E-state index is 0.613. The molecule has 1 atom stereocenters. The van der Waals surface area contributed by atoms with Crippen molar-refractivity contribution in [3.8, 4) is 51.1 Å². The molecule has 0 N–H and O–H groups in total. The molecule has 0 saturated carbocycles. The number of fused-ring (bicyclic) bond motifs is 18. The molecule has 0 amide bonds. The first-order valence-corrected chi connectivity index (χ1v) is 24.6. The lowest BCUT2D eigenvalue weighted by molar-refractivity contribution is 0.436. The number of ether oxygens (including phenoxy) is 1. The van der Waals surface area contributed by atoms with E-state index < -0.39 is 5.41 Å². The van der Waals surface area contributed by atoms with Gasteiger partial charge in [-0.3, -0.25) is 9.97 Å². The third kappa shape index (κ3) is 5.30. The monoisotopic (exact) mass is 930 g/mol. The molecule has 1 aliphatic heterocycles. The summed E-state index contributed by atoms with van der Waals surface area (Å²) in [6, 6.07) is 77.9. The summed E-state index contributed by atoms with van der Waals surface area (Å²) in [5.41, 5.74) is 17.7. The van der Waals surface area contributed by atoms with Gasteiger partial charge in [-0.2, -0.15) is 0 Å². The predicted octanol–water partition coefficient (Wildman–Crippen LogP) is 16.5. The quantitative estimate of drug-likeness (QED) is 0.165. The van der Waals surface area contributed by atoms with E-state index in [1.54, 1.807) is 0 Å². The second-order valence-electron chi connectivity index (χ2n) is 19.2. The molecule has 14 aromatic rings. The van der Waals surface area contributed by atoms with E-state index in [2.05, 4.69) is 219 Å². The molecule has 1 spiro atoms. The maximum atomic E-state index is 7.78. The van der Waals surface area contributed by atoms with Crippen LogP contribution in [0.2, 0.25) is 0 Å². The van der Waals surface area contributed by atoms with E-state index in [9.17, 15) is 0 Å². The van der Waals surface area contributed by atoms with Crippen molar-refractivity contribution in [3.05, 3.63) is 264 Å². The van der Waals surface area contributed by atoms with Crippen molar-refractivity contribution < 1.29 is 4.74 Å². The Morgan fingerprint density at radius 2 is 0.890 bits per heavy atom. The fraction of sp³-hybridized carbons (Fsp3) is 0.0152. The van der Waals surface area contributed by atoms with Gasteiger partial charge >= 0.3 is 0 Å². The van der Waals surface area contributed by atoms with Crippen molar-refractivity contribution >= 4 is 71.1 Å². The summed E-state index contributed by atoms with van der Waals surface area (Å²) in [4.78, 5) is 14.1. The molecule has 7 heteroatoms. The van der Waals surface area contributed by atoms with Gasteiger partial charge in [-0.15, -0.1) is 0 Å². The summed E-state index contributed by atoms with van der Waals surface area (Å²) in [6.45, 7) is 7.78. The highest BCUT2D eigenvalue weighted by atomic mass is 16.5. The average Bonchev–Trinajstić information content (AvgIpc) is 4.17. The number of nitrogens with zero attached hydrogens (tertiary/aromatic N) is 6. The highest BCUT2D eigenvalue weighted by molar-refractivity contribution is 6.13. The van der Waals surface area contributed by atoms with Gasteiger partial charge in [0.2, 0.25) is 0 Å². The second-order valence-corrected chi connectivity index (χ2v) is 19.2. The summed E-state index contributed by atoms with van der Waals surface area (Å²) < 4.78 is 14.2. The molecule has 7 nitrogen and oxygen atoms in total. The van der Waals surface area contributed by atoms with Crippen LogP contribution < -0.4 is 4.74 Å². The van der Waals surface area contributed by atoms with Gasteiger partial charge in [-0.05, 0) is 107 Å². The van der Waals surface area contributed by atoms with Crippen LogP contribution >= 0.6 is 0 Å². The van der Waals surface area contributed by atoms with Crippen molar-refractivity contribution in [2.24, 2.45) is 0 Å². The van der Waals surface area contributed by atoms with E-state index in [0.717, 1.165) is 106 Å². The minimum Gasteiger partial charge on any atom is -0.457 e. The van der Waals surface area contributed by atoms with Gasteiger partial charge in [-0.1, -0.05) is 133 Å². The number of benzene rings is 9. The van der Waals surface area contributed by atoms with E-state index in [0.29, 0.717) is 5.69 Å². The summed E-state index contributed by atoms with van der Waals surface area (Å²) in [5.74, 6) is 1.58. The molecule has 338 valence electrons. The predicted molar refractivity (Wildman–Crippen MR) is 294 cm³/mol. The van der Waals surface area contributed by atoms with Crippen LogP contribution in [0.3, 0.4) is 0 Å². The molecular weight excluding hydrogens is 893 g/mol. The van der Waals surface area contributed by atoms with Gasteiger partial charge in [0.15, 0.2) is 5.69 Å². The van der Waals surface area contributed by atoms with Gasteiger partial charge in [-0.25, -0.2) is 4.85 Å². The van der Waals surface area contributed by atoms with Crippen LogP contribution in [0.15, 0.2) is 231 Å². The first kappa shape index (κ1) is 39.8. The van der Waals surface area contributed by atoms with Crippen LogP contribution in [0.4, 0.5) is 5.69 Å². The van der Waals surface area contributed by atoms with E-state index in [4.69, 9.17) is 21.3 Å². The molecule has 0 fully saturated rings. The maximum absolute atomic E-state index is 7.78. The molecule has 5 aromatic heterocycles. The van der Waals surface area contributed by atoms with E-state index in [1.165, 1.54) is 32.6 Å². The topological polar surface area (TPSA) is 54.2 Å². The Kier molecular flexibility index (Phi) is 8.04. The van der Waals surface area contributed by atoms with E-state index in [1.807, 2.05) is 30.6 Å². The smallest absolute Gasteiger partial charge is 0.188 e. The molecule has 16 rings (SSSR count). The Morgan fingerprint density at radius 1 is 0.384 bits per heavy atom. The molecule has 1 unspecified atom stereocenters. The summed E-state index contributed by atoms with van der Waals surface area (Å²) in [5, 5.41) is 6.95. The summed E-state index contributed by atoms with van der Waals surface area (Å²) >= 11 is 0. The van der Waals surface area contributed by atoms with Crippen molar-refractivity contribution in [2.75, 3.05) is 0 Å². The molecule has 0 bridgehead atoms. The Morgan fingerprint density at radius 3 is 1.59 bits per heavy atom. The fourth-order valence-electron chi connectivity index (χ4n) is 12.6. The third-order valence-corrected chi connectivity index (χ3v) is 15.6. The molecule has 6 heterocycles.